The Morgan fingerprint density at radius 1 is 1.15 bits per heavy atom. The molecule has 1 amide bonds. The Bertz CT molecular complexity index is 782. The lowest BCUT2D eigenvalue weighted by molar-refractivity contribution is 0.0636. The van der Waals surface area contributed by atoms with E-state index in [0.717, 1.165) is 5.56 Å². The molecule has 2 rings (SSSR count). The molecule has 0 radical (unpaired) electrons. The van der Waals surface area contributed by atoms with Gasteiger partial charge in [0.2, 0.25) is 0 Å². The van der Waals surface area contributed by atoms with Gasteiger partial charge >= 0.3 is 6.09 Å². The molecule has 146 valence electrons. The van der Waals surface area contributed by atoms with Crippen LogP contribution in [0.5, 0.6) is 11.5 Å². The molecular formula is C21H27NO5. The molecule has 0 saturated carbocycles. The average molecular weight is 373 g/mol. The van der Waals surface area contributed by atoms with Gasteiger partial charge in [0.1, 0.15) is 17.1 Å². The summed E-state index contributed by atoms with van der Waals surface area (Å²) < 4.78 is 16.3. The smallest absolute Gasteiger partial charge is 0.412 e. The Labute approximate surface area is 160 Å². The van der Waals surface area contributed by atoms with Crippen LogP contribution in [0, 0.1) is 0 Å². The first-order chi connectivity index (χ1) is 12.7. The van der Waals surface area contributed by atoms with E-state index < -0.39 is 11.7 Å². The molecule has 6 heteroatoms. The summed E-state index contributed by atoms with van der Waals surface area (Å²) >= 11 is 0. The minimum Gasteiger partial charge on any atom is -0.508 e. The molecule has 0 aromatic heterocycles. The van der Waals surface area contributed by atoms with Gasteiger partial charge in [0, 0.05) is 24.8 Å². The van der Waals surface area contributed by atoms with Crippen LogP contribution in [0.15, 0.2) is 42.5 Å². The number of phenolic OH excluding ortho intramolecular Hbond substituents is 1. The first kappa shape index (κ1) is 20.6. The van der Waals surface area contributed by atoms with E-state index in [1.165, 1.54) is 0 Å². The fourth-order valence-electron chi connectivity index (χ4n) is 2.72. The van der Waals surface area contributed by atoms with E-state index in [9.17, 15) is 9.90 Å². The highest BCUT2D eigenvalue weighted by Crippen LogP contribution is 2.33. The normalized spacial score (nSPS) is 12.3. The number of ether oxygens (including phenoxy) is 3. The number of anilines is 1. The summed E-state index contributed by atoms with van der Waals surface area (Å²) in [6.07, 6.45) is -0.430. The molecule has 2 aromatic rings. The molecule has 0 spiro atoms. The number of nitrogens with one attached hydrogen (secondary N) is 1. The summed E-state index contributed by atoms with van der Waals surface area (Å²) in [6, 6.07) is 12.4. The Hall–Kier alpha value is -2.73. The lowest BCUT2D eigenvalue weighted by atomic mass is 9.99. The zero-order valence-corrected chi connectivity index (χ0v) is 16.4. The van der Waals surface area contributed by atoms with Crippen molar-refractivity contribution in [3.63, 3.8) is 0 Å². The molecule has 27 heavy (non-hydrogen) atoms. The van der Waals surface area contributed by atoms with E-state index in [1.54, 1.807) is 38.5 Å². The van der Waals surface area contributed by atoms with Crippen LogP contribution in [0.2, 0.25) is 0 Å². The Morgan fingerprint density at radius 2 is 1.85 bits per heavy atom. The van der Waals surface area contributed by atoms with Crippen molar-refractivity contribution >= 4 is 11.8 Å². The standard InChI is InChI=1S/C21H27NO5/c1-21(2,3)27-20(24)22-15-10-11-18(25-4)14(12-15)13-19(26-5)16-8-6-7-9-17(16)23/h6-12,19,23H,13H2,1-5H3,(H,22,24). The largest absolute Gasteiger partial charge is 0.508 e. The van der Waals surface area contributed by atoms with Crippen LogP contribution in [0.1, 0.15) is 38.0 Å². The van der Waals surface area contributed by atoms with Gasteiger partial charge in [-0.1, -0.05) is 18.2 Å². The van der Waals surface area contributed by atoms with Gasteiger partial charge in [-0.3, -0.25) is 5.32 Å². The first-order valence-corrected chi connectivity index (χ1v) is 8.71. The molecule has 0 bridgehead atoms. The predicted octanol–water partition coefficient (Wildman–Crippen LogP) is 4.68. The summed E-state index contributed by atoms with van der Waals surface area (Å²) in [6.45, 7) is 5.42. The van der Waals surface area contributed by atoms with Gasteiger partial charge in [-0.05, 0) is 50.6 Å². The highest BCUT2D eigenvalue weighted by molar-refractivity contribution is 5.85. The molecule has 2 N–H and O–H groups in total. The fraction of sp³-hybridized carbons (Fsp3) is 0.381. The van der Waals surface area contributed by atoms with Crippen LogP contribution in [0.25, 0.3) is 0 Å². The third kappa shape index (κ3) is 5.89. The molecule has 0 saturated heterocycles. The zero-order chi connectivity index (χ0) is 20.0. The lowest BCUT2D eigenvalue weighted by Gasteiger charge is -2.21. The van der Waals surface area contributed by atoms with E-state index in [0.29, 0.717) is 23.4 Å². The number of benzene rings is 2. The number of carbonyl (C=O) groups excluding carboxylic acids is 1. The quantitative estimate of drug-likeness (QED) is 0.769. The monoisotopic (exact) mass is 373 g/mol. The molecule has 0 heterocycles. The zero-order valence-electron chi connectivity index (χ0n) is 16.4. The number of amides is 1. The van der Waals surface area contributed by atoms with E-state index >= 15 is 0 Å². The van der Waals surface area contributed by atoms with Gasteiger partial charge in [0.05, 0.1) is 13.2 Å². The molecule has 0 aliphatic carbocycles. The van der Waals surface area contributed by atoms with Crippen LogP contribution in [0.4, 0.5) is 10.5 Å². The number of para-hydroxylation sites is 1. The van der Waals surface area contributed by atoms with Crippen molar-refractivity contribution in [2.24, 2.45) is 0 Å². The van der Waals surface area contributed by atoms with Crippen molar-refractivity contribution < 1.29 is 24.1 Å². The molecule has 2 aromatic carbocycles. The maximum absolute atomic E-state index is 12.0. The van der Waals surface area contributed by atoms with E-state index in [1.807, 2.05) is 39.0 Å². The average Bonchev–Trinajstić information content (AvgIpc) is 2.59. The van der Waals surface area contributed by atoms with Crippen molar-refractivity contribution in [2.75, 3.05) is 19.5 Å². The Morgan fingerprint density at radius 3 is 2.44 bits per heavy atom. The molecule has 1 unspecified atom stereocenters. The van der Waals surface area contributed by atoms with E-state index in [2.05, 4.69) is 5.32 Å². The van der Waals surface area contributed by atoms with Gasteiger partial charge < -0.3 is 19.3 Å². The number of methoxy groups -OCH3 is 2. The maximum Gasteiger partial charge on any atom is 0.412 e. The van der Waals surface area contributed by atoms with Gasteiger partial charge in [0.25, 0.3) is 0 Å². The number of hydrogen-bond donors (Lipinski definition) is 2. The van der Waals surface area contributed by atoms with Gasteiger partial charge in [-0.15, -0.1) is 0 Å². The number of hydrogen-bond acceptors (Lipinski definition) is 5. The third-order valence-corrected chi connectivity index (χ3v) is 3.90. The molecule has 1 atom stereocenters. The van der Waals surface area contributed by atoms with E-state index in [-0.39, 0.29) is 11.9 Å². The van der Waals surface area contributed by atoms with Crippen molar-refractivity contribution in [1.82, 2.24) is 0 Å². The van der Waals surface area contributed by atoms with Crippen molar-refractivity contribution in [3.05, 3.63) is 53.6 Å². The Balaban J connectivity index is 2.24. The molecule has 0 aliphatic rings. The van der Waals surface area contributed by atoms with Crippen molar-refractivity contribution in [1.29, 1.82) is 0 Å². The van der Waals surface area contributed by atoms with Gasteiger partial charge in [-0.25, -0.2) is 4.79 Å². The van der Waals surface area contributed by atoms with Gasteiger partial charge in [0.15, 0.2) is 0 Å². The van der Waals surface area contributed by atoms with E-state index in [4.69, 9.17) is 14.2 Å². The minimum atomic E-state index is -0.578. The maximum atomic E-state index is 12.0. The Kier molecular flexibility index (Phi) is 6.69. The van der Waals surface area contributed by atoms with Crippen LogP contribution >= 0.6 is 0 Å². The first-order valence-electron chi connectivity index (χ1n) is 8.71. The molecule has 0 fully saturated rings. The molecular weight excluding hydrogens is 346 g/mol. The number of rotatable bonds is 6. The van der Waals surface area contributed by atoms with Crippen LogP contribution < -0.4 is 10.1 Å². The number of aromatic hydroxyl groups is 1. The van der Waals surface area contributed by atoms with Crippen molar-refractivity contribution in [3.8, 4) is 11.5 Å². The second-order valence-corrected chi connectivity index (χ2v) is 7.14. The molecule has 0 aliphatic heterocycles. The summed E-state index contributed by atoms with van der Waals surface area (Å²) in [7, 11) is 3.17. The highest BCUT2D eigenvalue weighted by atomic mass is 16.6. The van der Waals surface area contributed by atoms with Crippen LogP contribution in [-0.2, 0) is 15.9 Å². The third-order valence-electron chi connectivity index (χ3n) is 3.90. The van der Waals surface area contributed by atoms with Crippen LogP contribution in [-0.4, -0.2) is 31.0 Å². The fourth-order valence-corrected chi connectivity index (χ4v) is 2.72. The SMILES string of the molecule is COc1ccc(NC(=O)OC(C)(C)C)cc1CC(OC)c1ccccc1O. The van der Waals surface area contributed by atoms with Crippen LogP contribution in [0.3, 0.4) is 0 Å². The lowest BCUT2D eigenvalue weighted by Crippen LogP contribution is -2.27. The predicted molar refractivity (Wildman–Crippen MR) is 104 cm³/mol. The van der Waals surface area contributed by atoms with Crippen molar-refractivity contribution in [2.45, 2.75) is 38.9 Å². The topological polar surface area (TPSA) is 77.0 Å². The second-order valence-electron chi connectivity index (χ2n) is 7.14. The summed E-state index contributed by atoms with van der Waals surface area (Å²) in [5.74, 6) is 0.841. The number of phenols is 1. The summed E-state index contributed by atoms with van der Waals surface area (Å²) in [5.41, 5.74) is 1.53. The number of carbonyl (C=O) groups is 1. The summed E-state index contributed by atoms with van der Waals surface area (Å²) in [5, 5.41) is 12.8. The summed E-state index contributed by atoms with van der Waals surface area (Å²) in [4.78, 5) is 12.0. The molecule has 6 nitrogen and oxygen atoms in total. The highest BCUT2D eigenvalue weighted by Gasteiger charge is 2.19. The second kappa shape index (κ2) is 8.77. The van der Waals surface area contributed by atoms with Gasteiger partial charge in [-0.2, -0.15) is 0 Å². The minimum absolute atomic E-state index is 0.173.